The van der Waals surface area contributed by atoms with Gasteiger partial charge in [0.2, 0.25) is 0 Å². The third-order valence-electron chi connectivity index (χ3n) is 4.40. The summed E-state index contributed by atoms with van der Waals surface area (Å²) in [6.45, 7) is 14.1. The molecule has 0 aromatic carbocycles. The summed E-state index contributed by atoms with van der Waals surface area (Å²) in [4.78, 5) is 0. The number of rotatable bonds is 0. The molecule has 0 unspecified atom stereocenters. The summed E-state index contributed by atoms with van der Waals surface area (Å²) in [5.41, 5.74) is 7.31. The Bertz CT molecular complexity index is 190. The Labute approximate surface area is 89.5 Å². The Kier molecular flexibility index (Phi) is 2.78. The fourth-order valence-electron chi connectivity index (χ4n) is 4.02. The Morgan fingerprint density at radius 2 is 1.43 bits per heavy atom. The van der Waals surface area contributed by atoms with Crippen molar-refractivity contribution in [1.82, 2.24) is 0 Å². The largest absolute Gasteiger partial charge is 0.327 e. The van der Waals surface area contributed by atoms with Gasteiger partial charge in [0, 0.05) is 6.04 Å². The highest BCUT2D eigenvalue weighted by Gasteiger charge is 2.55. The van der Waals surface area contributed by atoms with Crippen LogP contribution in [0, 0.1) is 16.2 Å². The Hall–Kier alpha value is -0.0400. The van der Waals surface area contributed by atoms with Gasteiger partial charge >= 0.3 is 0 Å². The Balaban J connectivity index is 3.16. The zero-order valence-corrected chi connectivity index (χ0v) is 10.8. The zero-order chi connectivity index (χ0) is 11.2. The first kappa shape index (κ1) is 12.0. The van der Waals surface area contributed by atoms with Gasteiger partial charge in [-0.05, 0) is 29.1 Å². The lowest BCUT2D eigenvalue weighted by molar-refractivity contribution is -0.0392. The maximum absolute atomic E-state index is 6.39. The minimum atomic E-state index is 0.306. The van der Waals surface area contributed by atoms with E-state index in [4.69, 9.17) is 5.73 Å². The first-order chi connectivity index (χ1) is 6.13. The second-order valence-electron chi connectivity index (χ2n) is 6.97. The Morgan fingerprint density at radius 3 is 1.57 bits per heavy atom. The van der Waals surface area contributed by atoms with Crippen molar-refractivity contribution >= 4 is 0 Å². The maximum Gasteiger partial charge on any atom is 0.0106 e. The van der Waals surface area contributed by atoms with Gasteiger partial charge in [0.25, 0.3) is 0 Å². The van der Waals surface area contributed by atoms with Crippen molar-refractivity contribution in [1.29, 1.82) is 0 Å². The van der Waals surface area contributed by atoms with Gasteiger partial charge in [0.15, 0.2) is 0 Å². The van der Waals surface area contributed by atoms with Crippen molar-refractivity contribution in [2.24, 2.45) is 22.0 Å². The molecule has 1 fully saturated rings. The molecule has 0 aromatic rings. The standard InChI is InChI=1S/C13H27N/c1-11(2,3)13(12(4,5)6)9-7-8-10(13)14/h10H,7-9,14H2,1-6H3/t10-/m1/s1. The van der Waals surface area contributed by atoms with E-state index in [1.54, 1.807) is 0 Å². The zero-order valence-electron chi connectivity index (χ0n) is 10.8. The minimum Gasteiger partial charge on any atom is -0.327 e. The van der Waals surface area contributed by atoms with E-state index >= 15 is 0 Å². The smallest absolute Gasteiger partial charge is 0.0106 e. The summed E-state index contributed by atoms with van der Waals surface area (Å²) in [6, 6.07) is 0.377. The summed E-state index contributed by atoms with van der Waals surface area (Å²) < 4.78 is 0. The lowest BCUT2D eigenvalue weighted by Gasteiger charge is -2.54. The van der Waals surface area contributed by atoms with E-state index in [1.807, 2.05) is 0 Å². The van der Waals surface area contributed by atoms with Gasteiger partial charge in [0.1, 0.15) is 0 Å². The van der Waals surface area contributed by atoms with Gasteiger partial charge in [-0.3, -0.25) is 0 Å². The molecule has 1 rings (SSSR count). The molecule has 0 saturated heterocycles. The molecule has 14 heavy (non-hydrogen) atoms. The van der Waals surface area contributed by atoms with E-state index in [0.29, 0.717) is 22.3 Å². The summed E-state index contributed by atoms with van der Waals surface area (Å²) in [5, 5.41) is 0. The second kappa shape index (κ2) is 3.23. The van der Waals surface area contributed by atoms with Gasteiger partial charge in [-0.15, -0.1) is 0 Å². The van der Waals surface area contributed by atoms with E-state index in [9.17, 15) is 0 Å². The molecular formula is C13H27N. The molecule has 1 aliphatic rings. The first-order valence-corrected chi connectivity index (χ1v) is 5.88. The molecule has 84 valence electrons. The number of nitrogens with two attached hydrogens (primary N) is 1. The number of hydrogen-bond donors (Lipinski definition) is 1. The van der Waals surface area contributed by atoms with E-state index in [0.717, 1.165) is 0 Å². The molecule has 0 spiro atoms. The van der Waals surface area contributed by atoms with Crippen LogP contribution < -0.4 is 5.73 Å². The predicted octanol–water partition coefficient (Wildman–Crippen LogP) is 3.58. The molecule has 0 amide bonds. The van der Waals surface area contributed by atoms with E-state index in [-0.39, 0.29) is 0 Å². The van der Waals surface area contributed by atoms with Crippen LogP contribution in [0.15, 0.2) is 0 Å². The average Bonchev–Trinajstić information content (AvgIpc) is 2.27. The molecule has 0 radical (unpaired) electrons. The minimum absolute atomic E-state index is 0.306. The molecule has 1 atom stereocenters. The van der Waals surface area contributed by atoms with Crippen LogP contribution in [0.3, 0.4) is 0 Å². The first-order valence-electron chi connectivity index (χ1n) is 5.88. The van der Waals surface area contributed by atoms with Crippen LogP contribution in [0.4, 0.5) is 0 Å². The van der Waals surface area contributed by atoms with E-state index in [1.165, 1.54) is 19.3 Å². The normalized spacial score (nSPS) is 28.1. The van der Waals surface area contributed by atoms with Crippen molar-refractivity contribution in [3.63, 3.8) is 0 Å². The molecule has 2 N–H and O–H groups in total. The van der Waals surface area contributed by atoms with Crippen LogP contribution in [0.25, 0.3) is 0 Å². The second-order valence-corrected chi connectivity index (χ2v) is 6.97. The van der Waals surface area contributed by atoms with Crippen LogP contribution in [0.1, 0.15) is 60.8 Å². The highest BCUT2D eigenvalue weighted by Crippen LogP contribution is 2.60. The highest BCUT2D eigenvalue weighted by molar-refractivity contribution is 5.07. The molecule has 0 aliphatic heterocycles. The van der Waals surface area contributed by atoms with Gasteiger partial charge in [-0.25, -0.2) is 0 Å². The summed E-state index contributed by atoms with van der Waals surface area (Å²) in [7, 11) is 0. The molecule has 0 aromatic heterocycles. The lowest BCUT2D eigenvalue weighted by atomic mass is 9.51. The summed E-state index contributed by atoms with van der Waals surface area (Å²) in [6.07, 6.45) is 3.80. The van der Waals surface area contributed by atoms with Crippen LogP contribution >= 0.6 is 0 Å². The number of hydrogen-bond acceptors (Lipinski definition) is 1. The molecular weight excluding hydrogens is 170 g/mol. The maximum atomic E-state index is 6.39. The SMILES string of the molecule is CC(C)(C)C1(C(C)(C)C)CCC[C@H]1N. The third kappa shape index (κ3) is 1.50. The quantitative estimate of drug-likeness (QED) is 0.631. The van der Waals surface area contributed by atoms with E-state index < -0.39 is 0 Å². The van der Waals surface area contributed by atoms with Gasteiger partial charge in [0.05, 0.1) is 0 Å². The highest BCUT2D eigenvalue weighted by atomic mass is 14.8. The molecule has 1 heteroatoms. The van der Waals surface area contributed by atoms with E-state index in [2.05, 4.69) is 41.5 Å². The van der Waals surface area contributed by atoms with Crippen LogP contribution in [-0.2, 0) is 0 Å². The van der Waals surface area contributed by atoms with Crippen molar-refractivity contribution < 1.29 is 0 Å². The van der Waals surface area contributed by atoms with Gasteiger partial charge < -0.3 is 5.73 Å². The molecule has 1 aliphatic carbocycles. The topological polar surface area (TPSA) is 26.0 Å². The molecule has 1 saturated carbocycles. The van der Waals surface area contributed by atoms with Crippen molar-refractivity contribution in [3.05, 3.63) is 0 Å². The van der Waals surface area contributed by atoms with Crippen LogP contribution in [0.5, 0.6) is 0 Å². The monoisotopic (exact) mass is 197 g/mol. The van der Waals surface area contributed by atoms with Crippen LogP contribution in [0.2, 0.25) is 0 Å². The molecule has 1 nitrogen and oxygen atoms in total. The van der Waals surface area contributed by atoms with Crippen molar-refractivity contribution in [3.8, 4) is 0 Å². The van der Waals surface area contributed by atoms with Gasteiger partial charge in [-0.2, -0.15) is 0 Å². The third-order valence-corrected chi connectivity index (χ3v) is 4.40. The average molecular weight is 197 g/mol. The fraction of sp³-hybridized carbons (Fsp3) is 1.00. The lowest BCUT2D eigenvalue weighted by Crippen LogP contribution is -2.54. The summed E-state index contributed by atoms with van der Waals surface area (Å²) in [5.74, 6) is 0. The van der Waals surface area contributed by atoms with Crippen LogP contribution in [-0.4, -0.2) is 6.04 Å². The van der Waals surface area contributed by atoms with Crippen molar-refractivity contribution in [2.75, 3.05) is 0 Å². The summed E-state index contributed by atoms with van der Waals surface area (Å²) >= 11 is 0. The van der Waals surface area contributed by atoms with Gasteiger partial charge in [-0.1, -0.05) is 48.0 Å². The molecule has 0 bridgehead atoms. The fourth-order valence-corrected chi connectivity index (χ4v) is 4.02. The Morgan fingerprint density at radius 1 is 1.00 bits per heavy atom. The molecule has 0 heterocycles. The predicted molar refractivity (Wildman–Crippen MR) is 63.2 cm³/mol. The van der Waals surface area contributed by atoms with Crippen molar-refractivity contribution in [2.45, 2.75) is 66.8 Å².